The van der Waals surface area contributed by atoms with Gasteiger partial charge in [0.05, 0.1) is 6.10 Å². The molecule has 1 aliphatic rings. The molecule has 1 fully saturated rings. The van der Waals surface area contributed by atoms with Crippen molar-refractivity contribution in [2.24, 2.45) is 5.92 Å². The zero-order valence-corrected chi connectivity index (χ0v) is 10.8. The molecule has 0 saturated heterocycles. The van der Waals surface area contributed by atoms with Crippen LogP contribution in [0.15, 0.2) is 16.5 Å². The molecule has 1 aromatic heterocycles. The summed E-state index contributed by atoms with van der Waals surface area (Å²) < 4.78 is 5.40. The second kappa shape index (κ2) is 6.05. The Labute approximate surface area is 107 Å². The largest absolute Gasteiger partial charge is 0.456 e. The summed E-state index contributed by atoms with van der Waals surface area (Å²) in [5, 5.41) is 12.3. The number of carbonyl (C=O) groups excluding carboxylic acids is 1. The van der Waals surface area contributed by atoms with E-state index in [1.165, 1.54) is 0 Å². The SMILES string of the molecule is CCc1ccc(C(=O)NCC2CCC(O)CC2)o1. The van der Waals surface area contributed by atoms with Crippen molar-refractivity contribution >= 4 is 5.91 Å². The zero-order chi connectivity index (χ0) is 13.0. The van der Waals surface area contributed by atoms with E-state index in [2.05, 4.69) is 5.32 Å². The lowest BCUT2D eigenvalue weighted by atomic mass is 9.87. The molecule has 2 N–H and O–H groups in total. The van der Waals surface area contributed by atoms with Crippen LogP contribution in [-0.4, -0.2) is 23.7 Å². The molecule has 0 unspecified atom stereocenters. The Morgan fingerprint density at radius 3 is 2.72 bits per heavy atom. The number of hydrogen-bond donors (Lipinski definition) is 2. The van der Waals surface area contributed by atoms with Gasteiger partial charge in [-0.25, -0.2) is 0 Å². The fourth-order valence-corrected chi connectivity index (χ4v) is 2.36. The maximum atomic E-state index is 11.8. The van der Waals surface area contributed by atoms with Crippen molar-refractivity contribution < 1.29 is 14.3 Å². The topological polar surface area (TPSA) is 62.5 Å². The van der Waals surface area contributed by atoms with Crippen LogP contribution in [0.2, 0.25) is 0 Å². The van der Waals surface area contributed by atoms with Gasteiger partial charge in [0.2, 0.25) is 0 Å². The van der Waals surface area contributed by atoms with Crippen LogP contribution < -0.4 is 5.32 Å². The second-order valence-corrected chi connectivity index (χ2v) is 5.00. The maximum absolute atomic E-state index is 11.8. The summed E-state index contributed by atoms with van der Waals surface area (Å²) in [5.74, 6) is 1.57. The summed E-state index contributed by atoms with van der Waals surface area (Å²) in [7, 11) is 0. The van der Waals surface area contributed by atoms with Gasteiger partial charge in [0, 0.05) is 13.0 Å². The average molecular weight is 251 g/mol. The Bertz CT molecular complexity index is 391. The summed E-state index contributed by atoms with van der Waals surface area (Å²) in [6.07, 6.45) is 4.32. The molecular weight excluding hydrogens is 230 g/mol. The van der Waals surface area contributed by atoms with Crippen LogP contribution in [0.1, 0.15) is 48.9 Å². The number of carbonyl (C=O) groups is 1. The first kappa shape index (κ1) is 13.1. The predicted octanol–water partition coefficient (Wildman–Crippen LogP) is 2.12. The number of aryl methyl sites for hydroxylation is 1. The van der Waals surface area contributed by atoms with Crippen molar-refractivity contribution in [2.45, 2.75) is 45.1 Å². The van der Waals surface area contributed by atoms with E-state index < -0.39 is 0 Å². The smallest absolute Gasteiger partial charge is 0.287 e. The van der Waals surface area contributed by atoms with Gasteiger partial charge in [-0.3, -0.25) is 4.79 Å². The average Bonchev–Trinajstić information content (AvgIpc) is 2.86. The first-order valence-electron chi connectivity index (χ1n) is 6.74. The zero-order valence-electron chi connectivity index (χ0n) is 10.8. The molecule has 1 amide bonds. The normalized spacial score (nSPS) is 23.9. The number of aliphatic hydroxyl groups excluding tert-OH is 1. The number of amides is 1. The number of furan rings is 1. The van der Waals surface area contributed by atoms with E-state index in [0.717, 1.165) is 37.9 Å². The van der Waals surface area contributed by atoms with Crippen LogP contribution in [0.4, 0.5) is 0 Å². The van der Waals surface area contributed by atoms with E-state index >= 15 is 0 Å². The minimum Gasteiger partial charge on any atom is -0.456 e. The fraction of sp³-hybridized carbons (Fsp3) is 0.643. The van der Waals surface area contributed by atoms with Crippen LogP contribution in [0.5, 0.6) is 0 Å². The summed E-state index contributed by atoms with van der Waals surface area (Å²) in [6.45, 7) is 2.67. The molecule has 1 heterocycles. The fourth-order valence-electron chi connectivity index (χ4n) is 2.36. The van der Waals surface area contributed by atoms with E-state index in [1.54, 1.807) is 6.07 Å². The molecule has 2 rings (SSSR count). The Morgan fingerprint density at radius 2 is 2.11 bits per heavy atom. The van der Waals surface area contributed by atoms with E-state index in [-0.39, 0.29) is 12.0 Å². The molecule has 1 aliphatic carbocycles. The molecule has 0 bridgehead atoms. The summed E-state index contributed by atoms with van der Waals surface area (Å²) in [4.78, 5) is 11.8. The van der Waals surface area contributed by atoms with Gasteiger partial charge in [-0.2, -0.15) is 0 Å². The molecule has 1 saturated carbocycles. The number of hydrogen-bond acceptors (Lipinski definition) is 3. The standard InChI is InChI=1S/C14H21NO3/c1-2-12-7-8-13(18-12)14(17)15-9-10-3-5-11(16)6-4-10/h7-8,10-11,16H,2-6,9H2,1H3,(H,15,17). The predicted molar refractivity (Wildman–Crippen MR) is 68.4 cm³/mol. The highest BCUT2D eigenvalue weighted by Crippen LogP contribution is 2.23. The van der Waals surface area contributed by atoms with Crippen LogP contribution in [0, 0.1) is 5.92 Å². The Hall–Kier alpha value is -1.29. The molecule has 100 valence electrons. The van der Waals surface area contributed by atoms with Gasteiger partial charge < -0.3 is 14.8 Å². The van der Waals surface area contributed by atoms with Gasteiger partial charge in [0.1, 0.15) is 5.76 Å². The highest BCUT2D eigenvalue weighted by molar-refractivity contribution is 5.91. The lowest BCUT2D eigenvalue weighted by molar-refractivity contribution is 0.0884. The van der Waals surface area contributed by atoms with Gasteiger partial charge >= 0.3 is 0 Å². The summed E-state index contributed by atoms with van der Waals surface area (Å²) >= 11 is 0. The van der Waals surface area contributed by atoms with E-state index in [9.17, 15) is 9.90 Å². The van der Waals surface area contributed by atoms with Crippen LogP contribution in [0.3, 0.4) is 0 Å². The van der Waals surface area contributed by atoms with E-state index in [0.29, 0.717) is 18.2 Å². The Kier molecular flexibility index (Phi) is 4.42. The Morgan fingerprint density at radius 1 is 1.39 bits per heavy atom. The molecule has 4 heteroatoms. The quantitative estimate of drug-likeness (QED) is 0.861. The third-order valence-corrected chi connectivity index (χ3v) is 3.60. The third kappa shape index (κ3) is 3.35. The molecule has 0 radical (unpaired) electrons. The molecule has 18 heavy (non-hydrogen) atoms. The molecule has 1 aromatic rings. The van der Waals surface area contributed by atoms with Crippen molar-refractivity contribution in [1.29, 1.82) is 0 Å². The van der Waals surface area contributed by atoms with Crippen molar-refractivity contribution in [3.63, 3.8) is 0 Å². The van der Waals surface area contributed by atoms with Crippen molar-refractivity contribution in [3.8, 4) is 0 Å². The summed E-state index contributed by atoms with van der Waals surface area (Å²) in [6, 6.07) is 3.56. The van der Waals surface area contributed by atoms with Gasteiger partial charge in [-0.05, 0) is 43.7 Å². The highest BCUT2D eigenvalue weighted by Gasteiger charge is 2.20. The molecule has 0 aromatic carbocycles. The van der Waals surface area contributed by atoms with Gasteiger partial charge in [0.15, 0.2) is 5.76 Å². The Balaban J connectivity index is 1.77. The van der Waals surface area contributed by atoms with Crippen LogP contribution >= 0.6 is 0 Å². The maximum Gasteiger partial charge on any atom is 0.287 e. The molecule has 0 aliphatic heterocycles. The minimum absolute atomic E-state index is 0.138. The lowest BCUT2D eigenvalue weighted by Gasteiger charge is -2.25. The molecule has 0 spiro atoms. The first-order chi connectivity index (χ1) is 8.69. The van der Waals surface area contributed by atoms with Crippen LogP contribution in [0.25, 0.3) is 0 Å². The molecular formula is C14H21NO3. The third-order valence-electron chi connectivity index (χ3n) is 3.60. The van der Waals surface area contributed by atoms with Crippen molar-refractivity contribution in [1.82, 2.24) is 5.32 Å². The van der Waals surface area contributed by atoms with Gasteiger partial charge in [-0.15, -0.1) is 0 Å². The number of aliphatic hydroxyl groups is 1. The van der Waals surface area contributed by atoms with E-state index in [4.69, 9.17) is 4.42 Å². The second-order valence-electron chi connectivity index (χ2n) is 5.00. The number of nitrogens with one attached hydrogen (secondary N) is 1. The first-order valence-corrected chi connectivity index (χ1v) is 6.74. The van der Waals surface area contributed by atoms with E-state index in [1.807, 2.05) is 13.0 Å². The van der Waals surface area contributed by atoms with Crippen LogP contribution in [-0.2, 0) is 6.42 Å². The number of rotatable bonds is 4. The van der Waals surface area contributed by atoms with Crippen molar-refractivity contribution in [2.75, 3.05) is 6.54 Å². The van der Waals surface area contributed by atoms with Gasteiger partial charge in [-0.1, -0.05) is 6.92 Å². The van der Waals surface area contributed by atoms with Crippen molar-refractivity contribution in [3.05, 3.63) is 23.7 Å². The highest BCUT2D eigenvalue weighted by atomic mass is 16.3. The minimum atomic E-state index is -0.144. The summed E-state index contributed by atoms with van der Waals surface area (Å²) in [5.41, 5.74) is 0. The lowest BCUT2D eigenvalue weighted by Crippen LogP contribution is -2.31. The van der Waals surface area contributed by atoms with Gasteiger partial charge in [0.25, 0.3) is 5.91 Å². The monoisotopic (exact) mass is 251 g/mol. The molecule has 4 nitrogen and oxygen atoms in total. The molecule has 0 atom stereocenters.